The van der Waals surface area contributed by atoms with Crippen molar-refractivity contribution in [3.63, 3.8) is 0 Å². The third-order valence-corrected chi connectivity index (χ3v) is 3.75. The van der Waals surface area contributed by atoms with Crippen LogP contribution in [0, 0.1) is 0 Å². The molecule has 0 saturated carbocycles. The highest BCUT2D eigenvalue weighted by Gasteiger charge is 2.07. The molecule has 2 aromatic rings. The van der Waals surface area contributed by atoms with Gasteiger partial charge in [-0.3, -0.25) is 4.68 Å². The van der Waals surface area contributed by atoms with Crippen molar-refractivity contribution in [2.45, 2.75) is 39.5 Å². The molecule has 0 radical (unpaired) electrons. The van der Waals surface area contributed by atoms with E-state index in [2.05, 4.69) is 24.3 Å². The molecule has 1 aromatic carbocycles. The summed E-state index contributed by atoms with van der Waals surface area (Å²) in [6.45, 7) is 5.51. The Labute approximate surface area is 131 Å². The monoisotopic (exact) mass is 307 g/mol. The van der Waals surface area contributed by atoms with Gasteiger partial charge in [-0.15, -0.1) is 0 Å². The van der Waals surface area contributed by atoms with E-state index in [0.29, 0.717) is 23.4 Å². The molecule has 1 aromatic heterocycles. The zero-order chi connectivity index (χ0) is 15.2. The zero-order valence-electron chi connectivity index (χ0n) is 12.8. The third-order valence-electron chi connectivity index (χ3n) is 3.46. The van der Waals surface area contributed by atoms with Crippen molar-refractivity contribution in [2.75, 3.05) is 7.05 Å². The Morgan fingerprint density at radius 3 is 2.86 bits per heavy atom. The molecule has 0 aliphatic carbocycles. The summed E-state index contributed by atoms with van der Waals surface area (Å²) in [4.78, 5) is 0. The highest BCUT2D eigenvalue weighted by molar-refractivity contribution is 6.32. The SMILES string of the molecule is CCC(C)n1ccc(COc2ccc(CNC)cc2Cl)n1. The molecule has 1 N–H and O–H groups in total. The Morgan fingerprint density at radius 1 is 1.38 bits per heavy atom. The van der Waals surface area contributed by atoms with Crippen LogP contribution in [0.25, 0.3) is 0 Å². The molecule has 2 rings (SSSR count). The van der Waals surface area contributed by atoms with Crippen LogP contribution >= 0.6 is 11.6 Å². The summed E-state index contributed by atoms with van der Waals surface area (Å²) in [5.74, 6) is 0.689. The topological polar surface area (TPSA) is 39.1 Å². The molecule has 21 heavy (non-hydrogen) atoms. The molecule has 1 atom stereocenters. The van der Waals surface area contributed by atoms with Crippen LogP contribution in [-0.4, -0.2) is 16.8 Å². The highest BCUT2D eigenvalue weighted by atomic mass is 35.5. The molecule has 0 saturated heterocycles. The molecular formula is C16H22ClN3O. The average molecular weight is 308 g/mol. The molecule has 0 amide bonds. The van der Waals surface area contributed by atoms with Gasteiger partial charge in [-0.1, -0.05) is 24.6 Å². The predicted molar refractivity (Wildman–Crippen MR) is 85.8 cm³/mol. The Kier molecular flexibility index (Phi) is 5.65. The first-order valence-electron chi connectivity index (χ1n) is 7.24. The van der Waals surface area contributed by atoms with Gasteiger partial charge in [0.1, 0.15) is 12.4 Å². The average Bonchev–Trinajstić information content (AvgIpc) is 2.95. The molecule has 0 fully saturated rings. The second kappa shape index (κ2) is 7.48. The van der Waals surface area contributed by atoms with Crippen molar-refractivity contribution < 1.29 is 4.74 Å². The molecule has 5 heteroatoms. The number of hydrogen-bond acceptors (Lipinski definition) is 3. The van der Waals surface area contributed by atoms with Crippen LogP contribution < -0.4 is 10.1 Å². The van der Waals surface area contributed by atoms with Crippen LogP contribution in [0.4, 0.5) is 0 Å². The van der Waals surface area contributed by atoms with E-state index in [9.17, 15) is 0 Å². The van der Waals surface area contributed by atoms with E-state index in [1.165, 1.54) is 0 Å². The van der Waals surface area contributed by atoms with E-state index in [0.717, 1.165) is 24.2 Å². The Morgan fingerprint density at radius 2 is 2.19 bits per heavy atom. The maximum absolute atomic E-state index is 6.23. The number of halogens is 1. The second-order valence-corrected chi connectivity index (χ2v) is 5.54. The first-order valence-corrected chi connectivity index (χ1v) is 7.61. The smallest absolute Gasteiger partial charge is 0.138 e. The highest BCUT2D eigenvalue weighted by Crippen LogP contribution is 2.26. The van der Waals surface area contributed by atoms with Gasteiger partial charge in [-0.2, -0.15) is 5.10 Å². The van der Waals surface area contributed by atoms with Crippen molar-refractivity contribution in [1.82, 2.24) is 15.1 Å². The molecule has 4 nitrogen and oxygen atoms in total. The Balaban J connectivity index is 1.98. The van der Waals surface area contributed by atoms with E-state index in [1.54, 1.807) is 0 Å². The molecule has 1 heterocycles. The number of rotatable bonds is 7. The van der Waals surface area contributed by atoms with E-state index < -0.39 is 0 Å². The van der Waals surface area contributed by atoms with E-state index >= 15 is 0 Å². The lowest BCUT2D eigenvalue weighted by molar-refractivity contribution is 0.298. The van der Waals surface area contributed by atoms with Gasteiger partial charge in [0.05, 0.1) is 10.7 Å². The van der Waals surface area contributed by atoms with Gasteiger partial charge in [0.2, 0.25) is 0 Å². The molecule has 114 valence electrons. The van der Waals surface area contributed by atoms with Crippen molar-refractivity contribution in [3.8, 4) is 5.75 Å². The number of nitrogens with one attached hydrogen (secondary N) is 1. The zero-order valence-corrected chi connectivity index (χ0v) is 13.5. The molecule has 0 spiro atoms. The lowest BCUT2D eigenvalue weighted by Gasteiger charge is -2.09. The minimum atomic E-state index is 0.406. The summed E-state index contributed by atoms with van der Waals surface area (Å²) in [6, 6.07) is 8.22. The largest absolute Gasteiger partial charge is 0.486 e. The predicted octanol–water partition coefficient (Wildman–Crippen LogP) is 3.81. The van der Waals surface area contributed by atoms with E-state index in [-0.39, 0.29) is 0 Å². The van der Waals surface area contributed by atoms with Gasteiger partial charge in [-0.25, -0.2) is 0 Å². The summed E-state index contributed by atoms with van der Waals surface area (Å²) in [6.07, 6.45) is 3.05. The lowest BCUT2D eigenvalue weighted by Crippen LogP contribution is -2.06. The van der Waals surface area contributed by atoms with E-state index in [1.807, 2.05) is 42.2 Å². The van der Waals surface area contributed by atoms with Gasteiger partial charge in [0.15, 0.2) is 0 Å². The Hall–Kier alpha value is -1.52. The van der Waals surface area contributed by atoms with Crippen molar-refractivity contribution in [1.29, 1.82) is 0 Å². The number of hydrogen-bond donors (Lipinski definition) is 1. The minimum Gasteiger partial charge on any atom is -0.486 e. The number of benzene rings is 1. The summed E-state index contributed by atoms with van der Waals surface area (Å²) in [5.41, 5.74) is 2.04. The van der Waals surface area contributed by atoms with Crippen LogP contribution in [0.15, 0.2) is 30.5 Å². The second-order valence-electron chi connectivity index (χ2n) is 5.13. The molecule has 0 aliphatic rings. The third kappa shape index (κ3) is 4.22. The Bertz CT molecular complexity index is 583. The van der Waals surface area contributed by atoms with Crippen molar-refractivity contribution in [2.24, 2.45) is 0 Å². The number of ether oxygens (including phenoxy) is 1. The standard InChI is InChI=1S/C16H22ClN3O/c1-4-12(2)20-8-7-14(19-20)11-21-16-6-5-13(10-18-3)9-15(16)17/h5-9,12,18H,4,10-11H2,1-3H3. The quantitative estimate of drug-likeness (QED) is 0.845. The molecular weight excluding hydrogens is 286 g/mol. The minimum absolute atomic E-state index is 0.406. The molecule has 0 bridgehead atoms. The first-order chi connectivity index (χ1) is 10.1. The fraction of sp³-hybridized carbons (Fsp3) is 0.438. The lowest BCUT2D eigenvalue weighted by atomic mass is 10.2. The first kappa shape index (κ1) is 15.9. The molecule has 0 aliphatic heterocycles. The maximum Gasteiger partial charge on any atom is 0.138 e. The van der Waals surface area contributed by atoms with Gasteiger partial charge in [0.25, 0.3) is 0 Å². The normalized spacial score (nSPS) is 12.4. The fourth-order valence-corrected chi connectivity index (χ4v) is 2.27. The van der Waals surface area contributed by atoms with Crippen LogP contribution in [0.2, 0.25) is 5.02 Å². The summed E-state index contributed by atoms with van der Waals surface area (Å²) < 4.78 is 7.72. The van der Waals surface area contributed by atoms with Gasteiger partial charge in [0, 0.05) is 18.8 Å². The van der Waals surface area contributed by atoms with Crippen LogP contribution in [0.3, 0.4) is 0 Å². The number of aromatic nitrogens is 2. The van der Waals surface area contributed by atoms with E-state index in [4.69, 9.17) is 16.3 Å². The van der Waals surface area contributed by atoms with Gasteiger partial charge >= 0.3 is 0 Å². The van der Waals surface area contributed by atoms with Crippen LogP contribution in [0.5, 0.6) is 5.75 Å². The van der Waals surface area contributed by atoms with Crippen LogP contribution in [0.1, 0.15) is 37.6 Å². The molecule has 1 unspecified atom stereocenters. The summed E-state index contributed by atoms with van der Waals surface area (Å²) in [7, 11) is 1.91. The summed E-state index contributed by atoms with van der Waals surface area (Å²) >= 11 is 6.23. The van der Waals surface area contributed by atoms with Crippen LogP contribution in [-0.2, 0) is 13.2 Å². The van der Waals surface area contributed by atoms with Crippen molar-refractivity contribution in [3.05, 3.63) is 46.7 Å². The van der Waals surface area contributed by atoms with Gasteiger partial charge < -0.3 is 10.1 Å². The van der Waals surface area contributed by atoms with Gasteiger partial charge in [-0.05, 0) is 44.2 Å². The number of nitrogens with zero attached hydrogens (tertiary/aromatic N) is 2. The van der Waals surface area contributed by atoms with Crippen molar-refractivity contribution >= 4 is 11.6 Å². The summed E-state index contributed by atoms with van der Waals surface area (Å²) in [5, 5.41) is 8.24. The maximum atomic E-state index is 6.23. The fourth-order valence-electron chi connectivity index (χ4n) is 2.01.